The van der Waals surface area contributed by atoms with Crippen molar-refractivity contribution < 1.29 is 5.11 Å². The van der Waals surface area contributed by atoms with Crippen molar-refractivity contribution in [3.05, 3.63) is 72.9 Å². The molecule has 0 bridgehead atoms. The summed E-state index contributed by atoms with van der Waals surface area (Å²) in [4.78, 5) is 0. The van der Waals surface area contributed by atoms with Gasteiger partial charge < -0.3 is 5.11 Å². The Bertz CT molecular complexity index is 512. The van der Waals surface area contributed by atoms with Crippen LogP contribution in [0.4, 0.5) is 0 Å². The average Bonchev–Trinajstić information content (AvgIpc) is 2.53. The topological polar surface area (TPSA) is 20.2 Å². The van der Waals surface area contributed by atoms with E-state index in [0.717, 1.165) is 30.7 Å². The minimum atomic E-state index is -0.961. The first kappa shape index (κ1) is 15.8. The lowest BCUT2D eigenvalue weighted by atomic mass is 9.41. The van der Waals surface area contributed by atoms with Gasteiger partial charge in [0.1, 0.15) is 12.3 Å². The summed E-state index contributed by atoms with van der Waals surface area (Å²) in [7, 11) is 0. The number of allylic oxidation sites excluding steroid dienone is 2. The van der Waals surface area contributed by atoms with Crippen LogP contribution in [0.1, 0.15) is 18.4 Å². The number of rotatable bonds is 5. The van der Waals surface area contributed by atoms with E-state index in [0.29, 0.717) is 0 Å². The fraction of sp³-hybridized carbons (Fsp3) is 0.368. The quantitative estimate of drug-likeness (QED) is 0.612. The zero-order chi connectivity index (χ0) is 15.3. The number of hydrogen-bond donors (Lipinski definition) is 1. The summed E-state index contributed by atoms with van der Waals surface area (Å²) in [5, 5.41) is 11.6. The molecule has 1 atom stereocenters. The van der Waals surface area contributed by atoms with Gasteiger partial charge in [0.25, 0.3) is 0 Å². The lowest BCUT2D eigenvalue weighted by Crippen LogP contribution is -2.39. The Kier molecular flexibility index (Phi) is 5.25. The normalized spacial score (nSPS) is 19.9. The van der Waals surface area contributed by atoms with Crippen LogP contribution in [0.15, 0.2) is 67.3 Å². The minimum absolute atomic E-state index is 0.236. The van der Waals surface area contributed by atoms with Gasteiger partial charge in [-0.2, -0.15) is 0 Å². The molecule has 1 aliphatic heterocycles. The van der Waals surface area contributed by atoms with Crippen LogP contribution in [0, 0.1) is 5.92 Å². The molecule has 1 nitrogen and oxygen atoms in total. The van der Waals surface area contributed by atoms with E-state index in [-0.39, 0.29) is 5.92 Å². The second-order valence-corrected chi connectivity index (χ2v) is 6.15. The molecule has 0 amide bonds. The van der Waals surface area contributed by atoms with Gasteiger partial charge in [0.05, 0.1) is 0 Å². The molecule has 0 radical (unpaired) electrons. The van der Waals surface area contributed by atoms with Gasteiger partial charge >= 0.3 is 0 Å². The number of benzene rings is 1. The van der Waals surface area contributed by atoms with Gasteiger partial charge in [-0.15, -0.1) is 0 Å². The summed E-state index contributed by atoms with van der Waals surface area (Å²) < 4.78 is 0. The molecule has 0 aliphatic carbocycles. The Hall–Kier alpha value is -1.54. The fourth-order valence-corrected chi connectivity index (χ4v) is 3.49. The van der Waals surface area contributed by atoms with Crippen molar-refractivity contribution >= 4 is 6.71 Å². The smallest absolute Gasteiger partial charge is 0.136 e. The summed E-state index contributed by atoms with van der Waals surface area (Å²) in [6.07, 6.45) is 9.85. The summed E-state index contributed by atoms with van der Waals surface area (Å²) in [5.74, 6) is 0.236. The van der Waals surface area contributed by atoms with Crippen molar-refractivity contribution in [2.24, 2.45) is 5.92 Å². The molecule has 2 heteroatoms. The molecule has 1 aliphatic rings. The van der Waals surface area contributed by atoms with Gasteiger partial charge in [0.15, 0.2) is 0 Å². The SMILES string of the molecule is C=C/C=C(\C=C)C(O)(c1ccccc1)C1CCB(C)CC1. The van der Waals surface area contributed by atoms with E-state index in [1.54, 1.807) is 12.2 Å². The Morgan fingerprint density at radius 2 is 1.86 bits per heavy atom. The van der Waals surface area contributed by atoms with Crippen LogP contribution < -0.4 is 0 Å². The molecular weight excluding hydrogens is 255 g/mol. The van der Waals surface area contributed by atoms with Gasteiger partial charge in [0.2, 0.25) is 0 Å². The lowest BCUT2D eigenvalue weighted by Gasteiger charge is -2.41. The van der Waals surface area contributed by atoms with Crippen LogP contribution in [0.2, 0.25) is 19.5 Å². The Morgan fingerprint density at radius 1 is 1.24 bits per heavy atom. The molecule has 1 aromatic carbocycles. The largest absolute Gasteiger partial charge is 0.380 e. The van der Waals surface area contributed by atoms with Crippen molar-refractivity contribution in [1.82, 2.24) is 0 Å². The molecule has 110 valence electrons. The van der Waals surface area contributed by atoms with Gasteiger partial charge in [-0.25, -0.2) is 0 Å². The third-order valence-corrected chi connectivity index (χ3v) is 4.78. The molecular formula is C19H25BO. The highest BCUT2D eigenvalue weighted by Gasteiger charge is 2.41. The Balaban J connectivity index is 2.46. The maximum absolute atomic E-state index is 11.6. The molecule has 1 unspecified atom stereocenters. The minimum Gasteiger partial charge on any atom is -0.380 e. The van der Waals surface area contributed by atoms with E-state index in [1.165, 1.54) is 12.6 Å². The van der Waals surface area contributed by atoms with Crippen LogP contribution in [0.5, 0.6) is 0 Å². The monoisotopic (exact) mass is 280 g/mol. The highest BCUT2D eigenvalue weighted by molar-refractivity contribution is 6.57. The van der Waals surface area contributed by atoms with E-state index in [4.69, 9.17) is 0 Å². The van der Waals surface area contributed by atoms with Gasteiger partial charge in [-0.05, 0) is 17.1 Å². The first-order chi connectivity index (χ1) is 10.1. The van der Waals surface area contributed by atoms with Crippen molar-refractivity contribution in [1.29, 1.82) is 0 Å². The van der Waals surface area contributed by atoms with Crippen molar-refractivity contribution in [3.63, 3.8) is 0 Å². The Labute approximate surface area is 129 Å². The van der Waals surface area contributed by atoms with Crippen LogP contribution >= 0.6 is 0 Å². The molecule has 1 fully saturated rings. The van der Waals surface area contributed by atoms with Gasteiger partial charge in [-0.1, -0.05) is 94.0 Å². The van der Waals surface area contributed by atoms with Crippen LogP contribution in [0.25, 0.3) is 0 Å². The zero-order valence-corrected chi connectivity index (χ0v) is 13.0. The first-order valence-corrected chi connectivity index (χ1v) is 7.86. The summed E-state index contributed by atoms with van der Waals surface area (Å²) >= 11 is 0. The molecule has 1 saturated heterocycles. The van der Waals surface area contributed by atoms with Crippen LogP contribution in [-0.2, 0) is 5.60 Å². The van der Waals surface area contributed by atoms with Crippen molar-refractivity contribution in [2.45, 2.75) is 37.9 Å². The molecule has 21 heavy (non-hydrogen) atoms. The standard InChI is InChI=1S/C19H25BO/c1-4-9-16(5-2)19(21,17-10-7-6-8-11-17)18-12-14-20(3)15-13-18/h4-11,18,21H,1-2,12-15H2,3H3/b16-9+. The maximum atomic E-state index is 11.6. The fourth-order valence-electron chi connectivity index (χ4n) is 3.49. The van der Waals surface area contributed by atoms with Gasteiger partial charge in [0, 0.05) is 0 Å². The second-order valence-electron chi connectivity index (χ2n) is 6.15. The Morgan fingerprint density at radius 3 is 2.38 bits per heavy atom. The van der Waals surface area contributed by atoms with Crippen molar-refractivity contribution in [2.75, 3.05) is 0 Å². The third kappa shape index (κ3) is 3.21. The second kappa shape index (κ2) is 6.95. The number of hydrogen-bond acceptors (Lipinski definition) is 1. The molecule has 0 saturated carbocycles. The van der Waals surface area contributed by atoms with E-state index in [9.17, 15) is 5.11 Å². The maximum Gasteiger partial charge on any atom is 0.136 e. The number of aliphatic hydroxyl groups is 1. The van der Waals surface area contributed by atoms with E-state index in [2.05, 4.69) is 20.0 Å². The molecule has 2 rings (SSSR count). The van der Waals surface area contributed by atoms with Crippen LogP contribution in [-0.4, -0.2) is 11.8 Å². The lowest BCUT2D eigenvalue weighted by molar-refractivity contribution is 0.00966. The van der Waals surface area contributed by atoms with Crippen LogP contribution in [0.3, 0.4) is 0 Å². The van der Waals surface area contributed by atoms with E-state index >= 15 is 0 Å². The van der Waals surface area contributed by atoms with E-state index in [1.807, 2.05) is 36.4 Å². The molecule has 1 N–H and O–H groups in total. The van der Waals surface area contributed by atoms with Gasteiger partial charge in [-0.3, -0.25) is 0 Å². The average molecular weight is 280 g/mol. The summed E-state index contributed by atoms with van der Waals surface area (Å²) in [6, 6.07) is 9.98. The van der Waals surface area contributed by atoms with E-state index < -0.39 is 5.60 Å². The molecule has 1 heterocycles. The first-order valence-electron chi connectivity index (χ1n) is 7.86. The molecule has 0 aromatic heterocycles. The third-order valence-electron chi connectivity index (χ3n) is 4.78. The molecule has 1 aromatic rings. The highest BCUT2D eigenvalue weighted by Crippen LogP contribution is 2.44. The predicted octanol–water partition coefficient (Wildman–Crippen LogP) is 4.71. The summed E-state index contributed by atoms with van der Waals surface area (Å²) in [6.45, 7) is 10.7. The predicted molar refractivity (Wildman–Crippen MR) is 92.8 cm³/mol. The highest BCUT2D eigenvalue weighted by atomic mass is 16.3. The summed E-state index contributed by atoms with van der Waals surface area (Å²) in [5.41, 5.74) is 0.845. The molecule has 0 spiro atoms. The van der Waals surface area contributed by atoms with Crippen molar-refractivity contribution in [3.8, 4) is 0 Å². The zero-order valence-electron chi connectivity index (χ0n) is 13.0.